The van der Waals surface area contributed by atoms with Crippen LogP contribution in [0, 0.1) is 11.3 Å². The van der Waals surface area contributed by atoms with Crippen molar-refractivity contribution < 1.29 is 4.79 Å². The smallest absolute Gasteiger partial charge is 0.235 e. The first-order valence-corrected chi connectivity index (χ1v) is 2.81. The van der Waals surface area contributed by atoms with Crippen LogP contribution in [0.1, 0.15) is 5.56 Å². The molecule has 0 fully saturated rings. The zero-order chi connectivity index (χ0) is 8.10. The SMILES string of the molecule is N#Cc1ccc(N=C=O)nc1. The molecule has 0 aliphatic carbocycles. The van der Waals surface area contributed by atoms with E-state index in [0.717, 1.165) is 0 Å². The van der Waals surface area contributed by atoms with Crippen LogP contribution in [0.2, 0.25) is 0 Å². The highest BCUT2D eigenvalue weighted by Crippen LogP contribution is 2.05. The second-order valence-electron chi connectivity index (χ2n) is 1.72. The van der Waals surface area contributed by atoms with Gasteiger partial charge >= 0.3 is 0 Å². The van der Waals surface area contributed by atoms with E-state index in [0.29, 0.717) is 5.56 Å². The first-order valence-electron chi connectivity index (χ1n) is 2.81. The summed E-state index contributed by atoms with van der Waals surface area (Å²) in [6.45, 7) is 0. The summed E-state index contributed by atoms with van der Waals surface area (Å²) in [5.74, 6) is 0.263. The molecule has 52 valence electrons. The predicted octanol–water partition coefficient (Wildman–Crippen LogP) is 0.921. The standard InChI is InChI=1S/C7H3N3O/c8-3-6-1-2-7(9-4-6)10-5-11/h1-2,4H. The van der Waals surface area contributed by atoms with Gasteiger partial charge in [0.05, 0.1) is 5.56 Å². The number of hydrogen-bond acceptors (Lipinski definition) is 4. The average Bonchev–Trinajstić information content (AvgIpc) is 2.07. The summed E-state index contributed by atoms with van der Waals surface area (Å²) < 4.78 is 0. The van der Waals surface area contributed by atoms with Crippen LogP contribution in [0.3, 0.4) is 0 Å². The molecule has 0 aliphatic rings. The quantitative estimate of drug-likeness (QED) is 0.436. The molecule has 0 bridgehead atoms. The molecule has 1 rings (SSSR count). The zero-order valence-corrected chi connectivity index (χ0v) is 5.48. The topological polar surface area (TPSA) is 66.1 Å². The molecule has 0 amide bonds. The van der Waals surface area contributed by atoms with Gasteiger partial charge in [0, 0.05) is 6.20 Å². The van der Waals surface area contributed by atoms with Crippen molar-refractivity contribution in [3.05, 3.63) is 23.9 Å². The second kappa shape index (κ2) is 3.25. The number of aliphatic imine (C=N–C) groups is 1. The molecule has 0 saturated carbocycles. The Balaban J connectivity index is 3.02. The lowest BCUT2D eigenvalue weighted by Gasteiger charge is -1.87. The van der Waals surface area contributed by atoms with Gasteiger partial charge in [0.1, 0.15) is 6.07 Å². The summed E-state index contributed by atoms with van der Waals surface area (Å²) in [5, 5.41) is 8.36. The molecular weight excluding hydrogens is 142 g/mol. The summed E-state index contributed by atoms with van der Waals surface area (Å²) in [6.07, 6.45) is 2.69. The Morgan fingerprint density at radius 3 is 2.82 bits per heavy atom. The highest BCUT2D eigenvalue weighted by atomic mass is 16.1. The van der Waals surface area contributed by atoms with Crippen molar-refractivity contribution in [3.8, 4) is 6.07 Å². The Morgan fingerprint density at radius 2 is 2.36 bits per heavy atom. The molecule has 1 heterocycles. The number of rotatable bonds is 1. The minimum atomic E-state index is 0.263. The monoisotopic (exact) mass is 145 g/mol. The fraction of sp³-hybridized carbons (Fsp3) is 0. The van der Waals surface area contributed by atoms with Crippen LogP contribution in [0.25, 0.3) is 0 Å². The molecular formula is C7H3N3O. The number of aromatic nitrogens is 1. The van der Waals surface area contributed by atoms with Crippen molar-refractivity contribution in [3.63, 3.8) is 0 Å². The van der Waals surface area contributed by atoms with Crippen molar-refractivity contribution in [1.29, 1.82) is 5.26 Å². The lowest BCUT2D eigenvalue weighted by atomic mass is 10.3. The van der Waals surface area contributed by atoms with Gasteiger partial charge in [0.15, 0.2) is 5.82 Å². The first kappa shape index (κ1) is 7.13. The number of nitrogens with zero attached hydrogens (tertiary/aromatic N) is 3. The van der Waals surface area contributed by atoms with Crippen LogP contribution in [-0.4, -0.2) is 11.1 Å². The zero-order valence-electron chi connectivity index (χ0n) is 5.48. The van der Waals surface area contributed by atoms with E-state index in [2.05, 4.69) is 9.98 Å². The molecule has 0 unspecified atom stereocenters. The van der Waals surface area contributed by atoms with E-state index in [-0.39, 0.29) is 5.82 Å². The lowest BCUT2D eigenvalue weighted by Crippen LogP contribution is -1.76. The predicted molar refractivity (Wildman–Crippen MR) is 36.7 cm³/mol. The van der Waals surface area contributed by atoms with E-state index >= 15 is 0 Å². The van der Waals surface area contributed by atoms with Crippen LogP contribution in [0.5, 0.6) is 0 Å². The minimum Gasteiger partial charge on any atom is -0.235 e. The molecule has 0 aromatic carbocycles. The van der Waals surface area contributed by atoms with Crippen molar-refractivity contribution in [2.75, 3.05) is 0 Å². The van der Waals surface area contributed by atoms with Gasteiger partial charge in [0.2, 0.25) is 6.08 Å². The van der Waals surface area contributed by atoms with E-state index in [9.17, 15) is 4.79 Å². The Morgan fingerprint density at radius 1 is 1.55 bits per heavy atom. The molecule has 0 saturated heterocycles. The Kier molecular flexibility index (Phi) is 2.11. The van der Waals surface area contributed by atoms with Gasteiger partial charge < -0.3 is 0 Å². The van der Waals surface area contributed by atoms with Crippen LogP contribution in [-0.2, 0) is 4.79 Å². The highest BCUT2D eigenvalue weighted by molar-refractivity contribution is 5.45. The molecule has 0 radical (unpaired) electrons. The Bertz CT molecular complexity index is 330. The van der Waals surface area contributed by atoms with E-state index in [1.807, 2.05) is 6.07 Å². The average molecular weight is 145 g/mol. The molecule has 0 N–H and O–H groups in total. The van der Waals surface area contributed by atoms with E-state index in [4.69, 9.17) is 5.26 Å². The first-order chi connectivity index (χ1) is 5.36. The van der Waals surface area contributed by atoms with Gasteiger partial charge in [-0.05, 0) is 12.1 Å². The minimum absolute atomic E-state index is 0.263. The molecule has 11 heavy (non-hydrogen) atoms. The third-order valence-corrected chi connectivity index (χ3v) is 1.04. The second-order valence-corrected chi connectivity index (χ2v) is 1.72. The van der Waals surface area contributed by atoms with Gasteiger partial charge in [-0.15, -0.1) is 4.99 Å². The number of pyridine rings is 1. The van der Waals surface area contributed by atoms with Crippen molar-refractivity contribution in [2.45, 2.75) is 0 Å². The lowest BCUT2D eigenvalue weighted by molar-refractivity contribution is 0.565. The van der Waals surface area contributed by atoms with Crippen molar-refractivity contribution in [1.82, 2.24) is 4.98 Å². The highest BCUT2D eigenvalue weighted by Gasteiger charge is 1.90. The van der Waals surface area contributed by atoms with Gasteiger partial charge in [-0.2, -0.15) is 5.26 Å². The number of hydrogen-bond donors (Lipinski definition) is 0. The van der Waals surface area contributed by atoms with Crippen LogP contribution >= 0.6 is 0 Å². The van der Waals surface area contributed by atoms with Gasteiger partial charge in [0.25, 0.3) is 0 Å². The van der Waals surface area contributed by atoms with Crippen LogP contribution < -0.4 is 0 Å². The largest absolute Gasteiger partial charge is 0.242 e. The van der Waals surface area contributed by atoms with Crippen LogP contribution in [0.15, 0.2) is 23.3 Å². The van der Waals surface area contributed by atoms with E-state index in [1.165, 1.54) is 24.4 Å². The molecule has 0 atom stereocenters. The fourth-order valence-corrected chi connectivity index (χ4v) is 0.565. The summed E-state index contributed by atoms with van der Waals surface area (Å²) in [4.78, 5) is 16.7. The molecule has 1 aromatic heterocycles. The summed E-state index contributed by atoms with van der Waals surface area (Å²) in [7, 11) is 0. The summed E-state index contributed by atoms with van der Waals surface area (Å²) in [5.41, 5.74) is 0.440. The summed E-state index contributed by atoms with van der Waals surface area (Å²) in [6, 6.07) is 4.90. The van der Waals surface area contributed by atoms with E-state index in [1.54, 1.807) is 0 Å². The molecule has 4 heteroatoms. The number of carbonyl (C=O) groups excluding carboxylic acids is 1. The molecule has 0 spiro atoms. The maximum absolute atomic E-state index is 9.73. The maximum Gasteiger partial charge on any atom is 0.242 e. The van der Waals surface area contributed by atoms with E-state index < -0.39 is 0 Å². The fourth-order valence-electron chi connectivity index (χ4n) is 0.565. The van der Waals surface area contributed by atoms with Crippen molar-refractivity contribution in [2.24, 2.45) is 4.99 Å². The Labute approximate surface area is 62.8 Å². The third-order valence-electron chi connectivity index (χ3n) is 1.04. The molecule has 4 nitrogen and oxygen atoms in total. The van der Waals surface area contributed by atoms with Gasteiger partial charge in [-0.1, -0.05) is 0 Å². The number of nitriles is 1. The Hall–Kier alpha value is -1.98. The van der Waals surface area contributed by atoms with Crippen LogP contribution in [0.4, 0.5) is 5.82 Å². The third kappa shape index (κ3) is 1.71. The van der Waals surface area contributed by atoms with Crippen molar-refractivity contribution >= 4 is 11.9 Å². The van der Waals surface area contributed by atoms with Gasteiger partial charge in [-0.25, -0.2) is 9.78 Å². The maximum atomic E-state index is 9.73. The van der Waals surface area contributed by atoms with Gasteiger partial charge in [-0.3, -0.25) is 0 Å². The molecule has 0 aliphatic heterocycles. The number of isocyanates is 1. The molecule has 1 aromatic rings. The summed E-state index contributed by atoms with van der Waals surface area (Å²) >= 11 is 0. The normalized spacial score (nSPS) is 7.91.